The molecule has 7 nitrogen and oxygen atoms in total. The van der Waals surface area contributed by atoms with Crippen LogP contribution in [0.1, 0.15) is 10.5 Å². The maximum Gasteiger partial charge on any atom is 0.276 e. The van der Waals surface area contributed by atoms with Crippen LogP contribution in [0.3, 0.4) is 0 Å². The van der Waals surface area contributed by atoms with E-state index in [2.05, 4.69) is 20.7 Å². The Morgan fingerprint density at radius 3 is 2.70 bits per heavy atom. The normalized spacial score (nSPS) is 9.95. The van der Waals surface area contributed by atoms with Crippen molar-refractivity contribution in [3.05, 3.63) is 42.4 Å². The average molecular weight is 272 g/mol. The fourth-order valence-corrected chi connectivity index (χ4v) is 1.70. The Morgan fingerprint density at radius 1 is 1.25 bits per heavy atom. The van der Waals surface area contributed by atoms with Crippen LogP contribution in [-0.4, -0.2) is 30.0 Å². The largest absolute Gasteiger partial charge is 0.376 e. The summed E-state index contributed by atoms with van der Waals surface area (Å²) in [6, 6.07) is 7.50. The summed E-state index contributed by atoms with van der Waals surface area (Å²) in [5, 5.41) is 2.81. The molecule has 104 valence electrons. The van der Waals surface area contributed by atoms with Crippen LogP contribution in [0.25, 0.3) is 0 Å². The quantitative estimate of drug-likeness (QED) is 0.569. The number of nitrogens with two attached hydrogens (primary N) is 1. The van der Waals surface area contributed by atoms with Crippen LogP contribution in [0.5, 0.6) is 0 Å². The van der Waals surface area contributed by atoms with E-state index in [4.69, 9.17) is 5.84 Å². The second-order valence-corrected chi connectivity index (χ2v) is 4.30. The number of para-hydroxylation sites is 2. The van der Waals surface area contributed by atoms with Crippen LogP contribution in [0.2, 0.25) is 0 Å². The molecule has 0 bridgehead atoms. The number of nitrogens with zero attached hydrogens (tertiary/aromatic N) is 3. The molecule has 0 spiro atoms. The number of amides is 1. The van der Waals surface area contributed by atoms with Gasteiger partial charge in [-0.3, -0.25) is 9.78 Å². The van der Waals surface area contributed by atoms with Gasteiger partial charge in [0.05, 0.1) is 23.8 Å². The standard InChI is InChI=1S/C13H16N6O/c1-19(2)11-6-4-3-5-9(11)17-13(20)10-7-15-8-12(16-10)18-14/h3-8H,14H2,1-2H3,(H,16,18)(H,17,20). The summed E-state index contributed by atoms with van der Waals surface area (Å²) >= 11 is 0. The molecule has 1 heterocycles. The third-order valence-corrected chi connectivity index (χ3v) is 2.65. The Balaban J connectivity index is 2.23. The van der Waals surface area contributed by atoms with Crippen molar-refractivity contribution in [2.45, 2.75) is 0 Å². The number of hydrogen-bond acceptors (Lipinski definition) is 6. The van der Waals surface area contributed by atoms with Crippen molar-refractivity contribution in [1.82, 2.24) is 9.97 Å². The molecular formula is C13H16N6O. The molecule has 7 heteroatoms. The summed E-state index contributed by atoms with van der Waals surface area (Å²) in [5.74, 6) is 5.23. The highest BCUT2D eigenvalue weighted by Gasteiger charge is 2.12. The summed E-state index contributed by atoms with van der Waals surface area (Å²) in [4.78, 5) is 22.0. The molecule has 1 aromatic heterocycles. The van der Waals surface area contributed by atoms with Crippen LogP contribution in [0, 0.1) is 0 Å². The van der Waals surface area contributed by atoms with Crippen LogP contribution in [-0.2, 0) is 0 Å². The number of carbonyl (C=O) groups is 1. The molecule has 0 radical (unpaired) electrons. The maximum absolute atomic E-state index is 12.2. The van der Waals surface area contributed by atoms with Crippen LogP contribution >= 0.6 is 0 Å². The first-order valence-electron chi connectivity index (χ1n) is 5.98. The van der Waals surface area contributed by atoms with Gasteiger partial charge in [0.1, 0.15) is 5.69 Å². The highest BCUT2D eigenvalue weighted by atomic mass is 16.1. The van der Waals surface area contributed by atoms with E-state index in [-0.39, 0.29) is 11.6 Å². The minimum absolute atomic E-state index is 0.189. The van der Waals surface area contributed by atoms with E-state index in [0.29, 0.717) is 11.5 Å². The molecule has 0 saturated carbocycles. The van der Waals surface area contributed by atoms with Gasteiger partial charge in [-0.1, -0.05) is 12.1 Å². The third kappa shape index (κ3) is 3.01. The monoisotopic (exact) mass is 272 g/mol. The zero-order valence-corrected chi connectivity index (χ0v) is 11.3. The van der Waals surface area contributed by atoms with Gasteiger partial charge in [-0.15, -0.1) is 0 Å². The number of hydrogen-bond donors (Lipinski definition) is 3. The molecule has 0 aliphatic rings. The van der Waals surface area contributed by atoms with E-state index in [1.54, 1.807) is 0 Å². The van der Waals surface area contributed by atoms with Crippen LogP contribution in [0.15, 0.2) is 36.7 Å². The first-order valence-corrected chi connectivity index (χ1v) is 5.98. The number of nitrogen functional groups attached to an aromatic ring is 1. The Bertz CT molecular complexity index is 613. The topological polar surface area (TPSA) is 96.2 Å². The lowest BCUT2D eigenvalue weighted by molar-refractivity contribution is 0.102. The van der Waals surface area contributed by atoms with Crippen LogP contribution in [0.4, 0.5) is 17.2 Å². The summed E-state index contributed by atoms with van der Waals surface area (Å²) in [6.45, 7) is 0. The van der Waals surface area contributed by atoms with Crippen molar-refractivity contribution in [2.24, 2.45) is 5.84 Å². The van der Waals surface area contributed by atoms with E-state index in [0.717, 1.165) is 5.69 Å². The van der Waals surface area contributed by atoms with Gasteiger partial charge in [0.15, 0.2) is 5.82 Å². The predicted molar refractivity (Wildman–Crippen MR) is 78.6 cm³/mol. The van der Waals surface area contributed by atoms with Gasteiger partial charge in [-0.25, -0.2) is 10.8 Å². The Morgan fingerprint density at radius 2 is 2.00 bits per heavy atom. The molecule has 2 rings (SSSR count). The third-order valence-electron chi connectivity index (χ3n) is 2.65. The molecule has 0 atom stereocenters. The van der Waals surface area contributed by atoms with Gasteiger partial charge in [-0.2, -0.15) is 0 Å². The van der Waals surface area contributed by atoms with Gasteiger partial charge in [-0.05, 0) is 12.1 Å². The second kappa shape index (κ2) is 5.98. The van der Waals surface area contributed by atoms with Crippen molar-refractivity contribution in [3.63, 3.8) is 0 Å². The number of rotatable bonds is 4. The van der Waals surface area contributed by atoms with Gasteiger partial charge in [0.25, 0.3) is 5.91 Å². The molecule has 2 aromatic rings. The number of nitrogens with one attached hydrogen (secondary N) is 2. The molecule has 0 unspecified atom stereocenters. The summed E-state index contributed by atoms with van der Waals surface area (Å²) in [7, 11) is 3.81. The van der Waals surface area contributed by atoms with Crippen molar-refractivity contribution >= 4 is 23.1 Å². The van der Waals surface area contributed by atoms with Crippen molar-refractivity contribution in [1.29, 1.82) is 0 Å². The average Bonchev–Trinajstić information content (AvgIpc) is 2.47. The number of benzene rings is 1. The molecule has 0 saturated heterocycles. The SMILES string of the molecule is CN(C)c1ccccc1NC(=O)c1cncc(NN)n1. The fraction of sp³-hybridized carbons (Fsp3) is 0.154. The Labute approximate surface area is 116 Å². The maximum atomic E-state index is 12.2. The minimum Gasteiger partial charge on any atom is -0.376 e. The van der Waals surface area contributed by atoms with E-state index in [1.807, 2.05) is 43.3 Å². The summed E-state index contributed by atoms with van der Waals surface area (Å²) < 4.78 is 0. The molecule has 1 aromatic carbocycles. The molecule has 4 N–H and O–H groups in total. The van der Waals surface area contributed by atoms with Gasteiger partial charge >= 0.3 is 0 Å². The summed E-state index contributed by atoms with van der Waals surface area (Å²) in [6.07, 6.45) is 2.82. The first-order chi connectivity index (χ1) is 9.61. The van der Waals surface area contributed by atoms with E-state index < -0.39 is 0 Å². The first kappa shape index (κ1) is 13.8. The van der Waals surface area contributed by atoms with Crippen molar-refractivity contribution < 1.29 is 4.79 Å². The van der Waals surface area contributed by atoms with Crippen molar-refractivity contribution in [3.8, 4) is 0 Å². The number of aromatic nitrogens is 2. The van der Waals surface area contributed by atoms with Gasteiger partial charge in [0, 0.05) is 14.1 Å². The van der Waals surface area contributed by atoms with Crippen molar-refractivity contribution in [2.75, 3.05) is 29.7 Å². The molecule has 0 aliphatic heterocycles. The molecule has 0 fully saturated rings. The lowest BCUT2D eigenvalue weighted by Crippen LogP contribution is -2.19. The zero-order chi connectivity index (χ0) is 14.5. The number of hydrazine groups is 1. The fourth-order valence-electron chi connectivity index (χ4n) is 1.70. The van der Waals surface area contributed by atoms with Crippen LogP contribution < -0.4 is 21.5 Å². The lowest BCUT2D eigenvalue weighted by Gasteiger charge is -2.17. The molecule has 1 amide bonds. The zero-order valence-electron chi connectivity index (χ0n) is 11.3. The number of anilines is 3. The second-order valence-electron chi connectivity index (χ2n) is 4.30. The molecule has 0 aliphatic carbocycles. The Hall–Kier alpha value is -2.67. The molecular weight excluding hydrogens is 256 g/mol. The number of carbonyl (C=O) groups excluding carboxylic acids is 1. The smallest absolute Gasteiger partial charge is 0.276 e. The predicted octanol–water partition coefficient (Wildman–Crippen LogP) is 1.08. The van der Waals surface area contributed by atoms with Gasteiger partial charge < -0.3 is 15.6 Å². The molecule has 20 heavy (non-hydrogen) atoms. The minimum atomic E-state index is -0.344. The van der Waals surface area contributed by atoms with Gasteiger partial charge in [0.2, 0.25) is 0 Å². The van der Waals surface area contributed by atoms with E-state index in [9.17, 15) is 4.79 Å². The lowest BCUT2D eigenvalue weighted by atomic mass is 10.2. The Kier molecular flexibility index (Phi) is 4.11. The summed E-state index contributed by atoms with van der Waals surface area (Å²) in [5.41, 5.74) is 4.15. The van der Waals surface area contributed by atoms with E-state index >= 15 is 0 Å². The van der Waals surface area contributed by atoms with E-state index in [1.165, 1.54) is 12.4 Å². The highest BCUT2D eigenvalue weighted by Crippen LogP contribution is 2.23. The highest BCUT2D eigenvalue weighted by molar-refractivity contribution is 6.04.